The summed E-state index contributed by atoms with van der Waals surface area (Å²) in [5.41, 5.74) is 2.23. The van der Waals surface area contributed by atoms with Gasteiger partial charge in [-0.1, -0.05) is 15.9 Å². The molecule has 2 rings (SSSR count). The van der Waals surface area contributed by atoms with E-state index in [4.69, 9.17) is 4.74 Å². The third-order valence-electron chi connectivity index (χ3n) is 3.50. The van der Waals surface area contributed by atoms with E-state index in [-0.39, 0.29) is 5.91 Å². The average molecular weight is 341 g/mol. The number of nitrogens with one attached hydrogen (secondary N) is 1. The molecule has 0 spiro atoms. The highest BCUT2D eigenvalue weighted by molar-refractivity contribution is 9.10. The van der Waals surface area contributed by atoms with Gasteiger partial charge in [0.05, 0.1) is 0 Å². The van der Waals surface area contributed by atoms with Crippen molar-refractivity contribution in [2.24, 2.45) is 0 Å². The molecule has 0 bridgehead atoms. The molecular weight excluding hydrogens is 320 g/mol. The van der Waals surface area contributed by atoms with Crippen LogP contribution in [0.1, 0.15) is 18.1 Å². The second-order valence-electron chi connectivity index (χ2n) is 5.21. The molecule has 0 aliphatic carbocycles. The predicted octanol–water partition coefficient (Wildman–Crippen LogP) is 2.27. The van der Waals surface area contributed by atoms with Gasteiger partial charge < -0.3 is 15.0 Å². The number of piperazine rings is 1. The Morgan fingerprint density at radius 3 is 2.40 bits per heavy atom. The van der Waals surface area contributed by atoms with Crippen LogP contribution in [0.2, 0.25) is 0 Å². The number of carbonyl (C=O) groups excluding carboxylic acids is 1. The molecule has 1 atom stereocenters. The van der Waals surface area contributed by atoms with Crippen molar-refractivity contribution in [3.63, 3.8) is 0 Å². The molecule has 1 fully saturated rings. The fourth-order valence-electron chi connectivity index (χ4n) is 2.37. The summed E-state index contributed by atoms with van der Waals surface area (Å²) in [6.45, 7) is 9.08. The molecule has 1 amide bonds. The highest BCUT2D eigenvalue weighted by Gasteiger charge is 2.23. The van der Waals surface area contributed by atoms with E-state index in [0.717, 1.165) is 47.5 Å². The van der Waals surface area contributed by atoms with Crippen molar-refractivity contribution in [3.8, 4) is 5.75 Å². The van der Waals surface area contributed by atoms with E-state index < -0.39 is 6.10 Å². The number of halogens is 1. The van der Waals surface area contributed by atoms with Crippen LogP contribution >= 0.6 is 15.9 Å². The minimum Gasteiger partial charge on any atom is -0.481 e. The van der Waals surface area contributed by atoms with Crippen molar-refractivity contribution < 1.29 is 9.53 Å². The van der Waals surface area contributed by atoms with Crippen LogP contribution in [0.25, 0.3) is 0 Å². The molecule has 1 aliphatic heterocycles. The monoisotopic (exact) mass is 340 g/mol. The second kappa shape index (κ2) is 6.59. The topological polar surface area (TPSA) is 41.6 Å². The number of aryl methyl sites for hydroxylation is 2. The van der Waals surface area contributed by atoms with E-state index in [1.54, 1.807) is 0 Å². The minimum atomic E-state index is -0.451. The van der Waals surface area contributed by atoms with E-state index in [1.807, 2.05) is 37.8 Å². The summed E-state index contributed by atoms with van der Waals surface area (Å²) in [5, 5.41) is 3.24. The van der Waals surface area contributed by atoms with Gasteiger partial charge in [0.25, 0.3) is 5.91 Å². The zero-order valence-corrected chi connectivity index (χ0v) is 13.8. The molecule has 1 heterocycles. The number of hydrogen-bond donors (Lipinski definition) is 1. The van der Waals surface area contributed by atoms with Gasteiger partial charge in [-0.3, -0.25) is 4.79 Å². The Morgan fingerprint density at radius 1 is 1.30 bits per heavy atom. The van der Waals surface area contributed by atoms with Gasteiger partial charge in [0, 0.05) is 30.7 Å². The van der Waals surface area contributed by atoms with Crippen molar-refractivity contribution in [2.45, 2.75) is 26.9 Å². The van der Waals surface area contributed by atoms with Crippen LogP contribution < -0.4 is 10.1 Å². The third-order valence-corrected chi connectivity index (χ3v) is 4.75. The molecule has 1 aromatic rings. The SMILES string of the molecule is Cc1cc(OC(C)C(=O)N2CCNCC2)cc(C)c1Br. The van der Waals surface area contributed by atoms with Crippen molar-refractivity contribution in [2.75, 3.05) is 26.2 Å². The van der Waals surface area contributed by atoms with Crippen LogP contribution in [0.5, 0.6) is 5.75 Å². The molecule has 0 radical (unpaired) electrons. The minimum absolute atomic E-state index is 0.0599. The van der Waals surface area contributed by atoms with Crippen LogP contribution in [-0.2, 0) is 4.79 Å². The average Bonchev–Trinajstić information content (AvgIpc) is 2.44. The summed E-state index contributed by atoms with van der Waals surface area (Å²) in [7, 11) is 0. The zero-order valence-electron chi connectivity index (χ0n) is 12.2. The Labute approximate surface area is 128 Å². The lowest BCUT2D eigenvalue weighted by molar-refractivity contribution is -0.138. The number of nitrogens with zero attached hydrogens (tertiary/aromatic N) is 1. The van der Waals surface area contributed by atoms with E-state index in [9.17, 15) is 4.79 Å². The molecule has 1 aliphatic rings. The first-order valence-electron chi connectivity index (χ1n) is 6.92. The van der Waals surface area contributed by atoms with E-state index in [2.05, 4.69) is 21.2 Å². The quantitative estimate of drug-likeness (QED) is 0.917. The smallest absolute Gasteiger partial charge is 0.263 e. The summed E-state index contributed by atoms with van der Waals surface area (Å²) in [4.78, 5) is 14.2. The zero-order chi connectivity index (χ0) is 14.7. The largest absolute Gasteiger partial charge is 0.481 e. The highest BCUT2D eigenvalue weighted by Crippen LogP contribution is 2.27. The Balaban J connectivity index is 2.03. The van der Waals surface area contributed by atoms with Gasteiger partial charge in [-0.25, -0.2) is 0 Å². The Morgan fingerprint density at radius 2 is 1.85 bits per heavy atom. The molecule has 0 aromatic heterocycles. The molecule has 0 saturated carbocycles. The molecule has 1 N–H and O–H groups in total. The van der Waals surface area contributed by atoms with Gasteiger partial charge >= 0.3 is 0 Å². The van der Waals surface area contributed by atoms with Gasteiger partial charge in [0.15, 0.2) is 6.10 Å². The summed E-state index contributed by atoms with van der Waals surface area (Å²) in [6.07, 6.45) is -0.451. The van der Waals surface area contributed by atoms with Gasteiger partial charge in [-0.15, -0.1) is 0 Å². The first-order valence-corrected chi connectivity index (χ1v) is 7.71. The molecule has 110 valence electrons. The fraction of sp³-hybridized carbons (Fsp3) is 0.533. The molecular formula is C15H21BrN2O2. The van der Waals surface area contributed by atoms with E-state index >= 15 is 0 Å². The number of rotatable bonds is 3. The maximum Gasteiger partial charge on any atom is 0.263 e. The van der Waals surface area contributed by atoms with Crippen LogP contribution in [0.15, 0.2) is 16.6 Å². The van der Waals surface area contributed by atoms with Crippen LogP contribution in [0, 0.1) is 13.8 Å². The van der Waals surface area contributed by atoms with Gasteiger partial charge in [-0.05, 0) is 44.0 Å². The van der Waals surface area contributed by atoms with Crippen molar-refractivity contribution in [1.29, 1.82) is 0 Å². The van der Waals surface area contributed by atoms with Crippen molar-refractivity contribution in [3.05, 3.63) is 27.7 Å². The molecule has 1 aromatic carbocycles. The molecule has 1 saturated heterocycles. The summed E-state index contributed by atoms with van der Waals surface area (Å²) >= 11 is 3.53. The maximum absolute atomic E-state index is 12.3. The molecule has 1 unspecified atom stereocenters. The van der Waals surface area contributed by atoms with E-state index in [0.29, 0.717) is 0 Å². The number of ether oxygens (including phenoxy) is 1. The van der Waals surface area contributed by atoms with Gasteiger partial charge in [-0.2, -0.15) is 0 Å². The van der Waals surface area contributed by atoms with Crippen LogP contribution in [-0.4, -0.2) is 43.1 Å². The first-order chi connectivity index (χ1) is 9.49. The van der Waals surface area contributed by atoms with E-state index in [1.165, 1.54) is 0 Å². The molecule has 20 heavy (non-hydrogen) atoms. The van der Waals surface area contributed by atoms with Crippen LogP contribution in [0.3, 0.4) is 0 Å². The Bertz CT molecular complexity index is 476. The third kappa shape index (κ3) is 3.52. The lowest BCUT2D eigenvalue weighted by atomic mass is 10.1. The Kier molecular flexibility index (Phi) is 5.05. The predicted molar refractivity (Wildman–Crippen MR) is 83.2 cm³/mol. The highest BCUT2D eigenvalue weighted by atomic mass is 79.9. The lowest BCUT2D eigenvalue weighted by Gasteiger charge is -2.29. The van der Waals surface area contributed by atoms with Crippen LogP contribution in [0.4, 0.5) is 0 Å². The number of amides is 1. The van der Waals surface area contributed by atoms with Crippen molar-refractivity contribution >= 4 is 21.8 Å². The van der Waals surface area contributed by atoms with Gasteiger partial charge in [0.2, 0.25) is 0 Å². The number of hydrogen-bond acceptors (Lipinski definition) is 3. The standard InChI is InChI=1S/C15H21BrN2O2/c1-10-8-13(9-11(2)14(10)16)20-12(3)15(19)18-6-4-17-5-7-18/h8-9,12,17H,4-7H2,1-3H3. The van der Waals surface area contributed by atoms with Gasteiger partial charge in [0.1, 0.15) is 5.75 Å². The Hall–Kier alpha value is -1.07. The lowest BCUT2D eigenvalue weighted by Crippen LogP contribution is -2.50. The fourth-order valence-corrected chi connectivity index (χ4v) is 2.60. The summed E-state index contributed by atoms with van der Waals surface area (Å²) < 4.78 is 6.90. The molecule has 4 nitrogen and oxygen atoms in total. The van der Waals surface area contributed by atoms with Crippen molar-refractivity contribution in [1.82, 2.24) is 10.2 Å². The summed E-state index contributed by atoms with van der Waals surface area (Å²) in [6, 6.07) is 3.91. The number of benzene rings is 1. The normalized spacial score (nSPS) is 16.9. The molecule has 5 heteroatoms. The second-order valence-corrected chi connectivity index (χ2v) is 6.00. The number of carbonyl (C=O) groups is 1. The summed E-state index contributed by atoms with van der Waals surface area (Å²) in [5.74, 6) is 0.809. The first kappa shape index (κ1) is 15.3. The maximum atomic E-state index is 12.3.